The van der Waals surface area contributed by atoms with E-state index in [1.54, 1.807) is 25.1 Å². The van der Waals surface area contributed by atoms with E-state index in [1.165, 1.54) is 0 Å². The Morgan fingerprint density at radius 2 is 2.05 bits per heavy atom. The zero-order valence-electron chi connectivity index (χ0n) is 12.0. The highest BCUT2D eigenvalue weighted by Gasteiger charge is 2.16. The molecule has 0 saturated heterocycles. The molecule has 1 unspecified atom stereocenters. The summed E-state index contributed by atoms with van der Waals surface area (Å²) in [4.78, 5) is 0.278. The molecule has 0 amide bonds. The van der Waals surface area contributed by atoms with Crippen molar-refractivity contribution in [1.29, 1.82) is 0 Å². The molecule has 0 aliphatic rings. The average molecular weight is 323 g/mol. The molecule has 1 rings (SSSR count). The van der Waals surface area contributed by atoms with E-state index in [0.717, 1.165) is 0 Å². The summed E-state index contributed by atoms with van der Waals surface area (Å²) in [5, 5.41) is 0. The van der Waals surface area contributed by atoms with Gasteiger partial charge in [0.1, 0.15) is 5.75 Å². The van der Waals surface area contributed by atoms with Crippen LogP contribution in [0.3, 0.4) is 0 Å². The van der Waals surface area contributed by atoms with Gasteiger partial charge in [-0.2, -0.15) is 0 Å². The van der Waals surface area contributed by atoms with Crippen LogP contribution < -0.4 is 15.2 Å². The monoisotopic (exact) mass is 322 g/mol. The molecule has 1 aromatic carbocycles. The number of hydrogen-bond donors (Lipinski definition) is 2. The van der Waals surface area contributed by atoms with Crippen LogP contribution in [-0.2, 0) is 10.0 Å². The molecule has 0 aliphatic carbocycles. The van der Waals surface area contributed by atoms with E-state index in [2.05, 4.69) is 4.72 Å². The maximum absolute atomic E-state index is 12.1. The van der Waals surface area contributed by atoms with Crippen LogP contribution in [0.4, 0.5) is 0 Å². The van der Waals surface area contributed by atoms with Crippen LogP contribution in [0.25, 0.3) is 0 Å². The minimum absolute atomic E-state index is 0. The molecule has 0 aromatic heterocycles. The van der Waals surface area contributed by atoms with Crippen molar-refractivity contribution in [3.63, 3.8) is 0 Å². The Balaban J connectivity index is 0.00000361. The smallest absolute Gasteiger partial charge is 0.240 e. The molecule has 1 aromatic rings. The molecular formula is C13H23ClN2O3S. The zero-order valence-corrected chi connectivity index (χ0v) is 13.7. The largest absolute Gasteiger partial charge is 0.494 e. The summed E-state index contributed by atoms with van der Waals surface area (Å²) in [6.07, 6.45) is 0.606. The van der Waals surface area contributed by atoms with Gasteiger partial charge in [0.2, 0.25) is 10.0 Å². The molecule has 0 heterocycles. The van der Waals surface area contributed by atoms with Crippen LogP contribution in [0.5, 0.6) is 5.75 Å². The number of nitrogens with one attached hydrogen (secondary N) is 1. The molecular weight excluding hydrogens is 300 g/mol. The van der Waals surface area contributed by atoms with Crippen molar-refractivity contribution in [3.8, 4) is 5.75 Å². The van der Waals surface area contributed by atoms with Crippen LogP contribution in [0.15, 0.2) is 23.1 Å². The molecule has 5 nitrogen and oxygen atoms in total. The summed E-state index contributed by atoms with van der Waals surface area (Å²) in [6.45, 7) is 6.37. The Labute approximate surface area is 127 Å². The lowest BCUT2D eigenvalue weighted by Gasteiger charge is -2.11. The first-order chi connectivity index (χ1) is 8.86. The van der Waals surface area contributed by atoms with Gasteiger partial charge in [-0.25, -0.2) is 13.1 Å². The second kappa shape index (κ2) is 8.46. The first-order valence-electron chi connectivity index (χ1n) is 6.35. The maximum Gasteiger partial charge on any atom is 0.240 e. The summed E-state index contributed by atoms with van der Waals surface area (Å²) in [7, 11) is -3.48. The third-order valence-electron chi connectivity index (χ3n) is 2.64. The highest BCUT2D eigenvalue weighted by molar-refractivity contribution is 7.89. The Bertz CT molecular complexity index is 518. The molecule has 1 atom stereocenters. The maximum atomic E-state index is 12.1. The molecule has 0 bridgehead atoms. The second-order valence-electron chi connectivity index (χ2n) is 4.52. The quantitative estimate of drug-likeness (QED) is 0.802. The van der Waals surface area contributed by atoms with Gasteiger partial charge in [-0.3, -0.25) is 0 Å². The predicted molar refractivity (Wildman–Crippen MR) is 83.1 cm³/mol. The molecule has 0 fully saturated rings. The van der Waals surface area contributed by atoms with E-state index in [4.69, 9.17) is 10.5 Å². The van der Waals surface area contributed by atoms with Gasteiger partial charge in [-0.1, -0.05) is 0 Å². The van der Waals surface area contributed by atoms with Crippen LogP contribution in [0.2, 0.25) is 0 Å². The van der Waals surface area contributed by atoms with Gasteiger partial charge in [0.05, 0.1) is 11.5 Å². The molecule has 0 saturated carbocycles. The lowest BCUT2D eigenvalue weighted by molar-refractivity contribution is 0.339. The number of rotatable bonds is 7. The number of benzene rings is 1. The number of halogens is 1. The lowest BCUT2D eigenvalue weighted by atomic mass is 10.2. The minimum atomic E-state index is -3.48. The van der Waals surface area contributed by atoms with Gasteiger partial charge in [0.25, 0.3) is 0 Å². The van der Waals surface area contributed by atoms with Gasteiger partial charge in [0.15, 0.2) is 0 Å². The van der Waals surface area contributed by atoms with Gasteiger partial charge < -0.3 is 10.5 Å². The fourth-order valence-electron chi connectivity index (χ4n) is 1.68. The van der Waals surface area contributed by atoms with Crippen molar-refractivity contribution in [2.45, 2.75) is 38.1 Å². The third kappa shape index (κ3) is 5.66. The Morgan fingerprint density at radius 1 is 1.40 bits per heavy atom. The summed E-state index contributed by atoms with van der Waals surface area (Å²) >= 11 is 0. The fraction of sp³-hybridized carbons (Fsp3) is 0.538. The normalized spacial score (nSPS) is 12.6. The van der Waals surface area contributed by atoms with Crippen molar-refractivity contribution >= 4 is 22.4 Å². The molecule has 20 heavy (non-hydrogen) atoms. The topological polar surface area (TPSA) is 81.4 Å². The first-order valence-corrected chi connectivity index (χ1v) is 7.84. The van der Waals surface area contributed by atoms with E-state index in [1.807, 2.05) is 13.8 Å². The standard InChI is InChI=1S/C13H22N2O3S.ClH/c1-4-18-12-5-6-13(10(2)9-12)19(16,17)15-8-7-11(3)14;/h5-6,9,11,15H,4,7-8,14H2,1-3H3;1H. The summed E-state index contributed by atoms with van der Waals surface area (Å²) in [6, 6.07) is 4.93. The Hall–Kier alpha value is -0.820. The summed E-state index contributed by atoms with van der Waals surface area (Å²) in [5.41, 5.74) is 6.26. The molecule has 0 radical (unpaired) electrons. The number of hydrogen-bond acceptors (Lipinski definition) is 4. The Morgan fingerprint density at radius 3 is 2.55 bits per heavy atom. The molecule has 3 N–H and O–H groups in total. The highest BCUT2D eigenvalue weighted by Crippen LogP contribution is 2.21. The number of nitrogens with two attached hydrogens (primary N) is 1. The third-order valence-corrected chi connectivity index (χ3v) is 4.26. The summed E-state index contributed by atoms with van der Waals surface area (Å²) < 4.78 is 32.1. The van der Waals surface area contributed by atoms with E-state index < -0.39 is 10.0 Å². The van der Waals surface area contributed by atoms with Gasteiger partial charge in [-0.15, -0.1) is 12.4 Å². The first kappa shape index (κ1) is 19.2. The number of aryl methyl sites for hydroxylation is 1. The van der Waals surface area contributed by atoms with E-state index in [-0.39, 0.29) is 23.3 Å². The van der Waals surface area contributed by atoms with E-state index in [0.29, 0.717) is 30.9 Å². The summed E-state index contributed by atoms with van der Waals surface area (Å²) in [5.74, 6) is 0.675. The molecule has 7 heteroatoms. The van der Waals surface area contributed by atoms with Crippen LogP contribution in [0.1, 0.15) is 25.8 Å². The SMILES string of the molecule is CCOc1ccc(S(=O)(=O)NCCC(C)N)c(C)c1.Cl. The van der Waals surface area contributed by atoms with Crippen LogP contribution in [0, 0.1) is 6.92 Å². The fourth-order valence-corrected chi connectivity index (χ4v) is 2.95. The van der Waals surface area contributed by atoms with Crippen molar-refractivity contribution < 1.29 is 13.2 Å². The zero-order chi connectivity index (χ0) is 14.5. The van der Waals surface area contributed by atoms with Gasteiger partial charge >= 0.3 is 0 Å². The highest BCUT2D eigenvalue weighted by atomic mass is 35.5. The average Bonchev–Trinajstić information content (AvgIpc) is 2.28. The van der Waals surface area contributed by atoms with Crippen LogP contribution >= 0.6 is 12.4 Å². The number of ether oxygens (including phenoxy) is 1. The molecule has 0 spiro atoms. The van der Waals surface area contributed by atoms with E-state index in [9.17, 15) is 8.42 Å². The van der Waals surface area contributed by atoms with E-state index >= 15 is 0 Å². The van der Waals surface area contributed by atoms with Crippen molar-refractivity contribution in [1.82, 2.24) is 4.72 Å². The predicted octanol–water partition coefficient (Wildman–Crippen LogP) is 1.83. The van der Waals surface area contributed by atoms with Crippen molar-refractivity contribution in [3.05, 3.63) is 23.8 Å². The Kier molecular flexibility index (Phi) is 8.12. The van der Waals surface area contributed by atoms with Crippen molar-refractivity contribution in [2.24, 2.45) is 5.73 Å². The molecule has 116 valence electrons. The van der Waals surface area contributed by atoms with Gasteiger partial charge in [0, 0.05) is 12.6 Å². The minimum Gasteiger partial charge on any atom is -0.494 e. The van der Waals surface area contributed by atoms with Crippen molar-refractivity contribution in [2.75, 3.05) is 13.2 Å². The molecule has 0 aliphatic heterocycles. The van der Waals surface area contributed by atoms with Gasteiger partial charge in [-0.05, 0) is 51.0 Å². The second-order valence-corrected chi connectivity index (χ2v) is 6.26. The number of sulfonamides is 1. The lowest BCUT2D eigenvalue weighted by Crippen LogP contribution is -2.29. The van der Waals surface area contributed by atoms with Crippen LogP contribution in [-0.4, -0.2) is 27.6 Å².